The maximum absolute atomic E-state index is 12.5. The number of nitrogens with two attached hydrogens (primary N) is 1. The Morgan fingerprint density at radius 1 is 1.48 bits per heavy atom. The van der Waals surface area contributed by atoms with Gasteiger partial charge >= 0.3 is 0 Å². The van der Waals surface area contributed by atoms with Crippen LogP contribution in [-0.4, -0.2) is 42.4 Å². The first-order chi connectivity index (χ1) is 9.88. The van der Waals surface area contributed by atoms with Crippen LogP contribution in [-0.2, 0) is 10.0 Å². The maximum Gasteiger partial charge on any atom is 0.271 e. The Balaban J connectivity index is 3.26. The number of sulfonamides is 1. The topological polar surface area (TPSA) is 139 Å². The SMILES string of the molecule is CCN(CCCO)S(=O)(=O)c1ccc([N+](=O)[O-])cc1NN. The molecule has 0 atom stereocenters. The molecule has 1 aromatic carbocycles. The Hall–Kier alpha value is -1.75. The van der Waals surface area contributed by atoms with Gasteiger partial charge in [-0.1, -0.05) is 6.92 Å². The second kappa shape index (κ2) is 7.31. The first kappa shape index (κ1) is 17.3. The van der Waals surface area contributed by atoms with E-state index in [1.807, 2.05) is 0 Å². The zero-order valence-corrected chi connectivity index (χ0v) is 12.3. The van der Waals surface area contributed by atoms with Crippen LogP contribution in [0, 0.1) is 10.1 Å². The Morgan fingerprint density at radius 2 is 2.14 bits per heavy atom. The lowest BCUT2D eigenvalue weighted by Crippen LogP contribution is -2.33. The number of rotatable bonds is 8. The van der Waals surface area contributed by atoms with Crippen molar-refractivity contribution in [2.45, 2.75) is 18.2 Å². The van der Waals surface area contributed by atoms with Gasteiger partial charge in [-0.25, -0.2) is 8.42 Å². The summed E-state index contributed by atoms with van der Waals surface area (Å²) in [6.45, 7) is 1.89. The molecule has 0 unspecified atom stereocenters. The summed E-state index contributed by atoms with van der Waals surface area (Å²) in [5.41, 5.74) is 1.86. The van der Waals surface area contributed by atoms with Crippen LogP contribution in [0.1, 0.15) is 13.3 Å². The highest BCUT2D eigenvalue weighted by molar-refractivity contribution is 7.89. The van der Waals surface area contributed by atoms with Crippen LogP contribution < -0.4 is 11.3 Å². The molecular weight excluding hydrogens is 300 g/mol. The lowest BCUT2D eigenvalue weighted by atomic mass is 10.3. The minimum atomic E-state index is -3.85. The minimum absolute atomic E-state index is 0.0494. The fourth-order valence-electron chi connectivity index (χ4n) is 1.80. The van der Waals surface area contributed by atoms with E-state index in [0.29, 0.717) is 6.42 Å². The van der Waals surface area contributed by atoms with Gasteiger partial charge in [-0.15, -0.1) is 0 Å². The zero-order chi connectivity index (χ0) is 16.0. The van der Waals surface area contributed by atoms with Crippen LogP contribution in [0.15, 0.2) is 23.1 Å². The molecule has 1 aromatic rings. The number of benzene rings is 1. The molecule has 1 rings (SSSR count). The summed E-state index contributed by atoms with van der Waals surface area (Å²) in [6, 6.07) is 3.31. The van der Waals surface area contributed by atoms with Gasteiger partial charge in [0, 0.05) is 31.8 Å². The number of nitro benzene ring substituents is 1. The molecule has 0 saturated heterocycles. The number of nitrogens with one attached hydrogen (secondary N) is 1. The molecule has 4 N–H and O–H groups in total. The number of nitro groups is 1. The van der Waals surface area contributed by atoms with Crippen LogP contribution in [0.4, 0.5) is 11.4 Å². The molecule has 0 heterocycles. The molecule has 0 aliphatic rings. The standard InChI is InChI=1S/C11H18N4O5S/c1-2-14(6-3-7-16)21(19,20)11-5-4-9(15(17)18)8-10(11)13-12/h4-5,8,13,16H,2-3,6-7,12H2,1H3. The van der Waals surface area contributed by atoms with Crippen molar-refractivity contribution >= 4 is 21.4 Å². The van der Waals surface area contributed by atoms with Crippen LogP contribution in [0.2, 0.25) is 0 Å². The molecule has 21 heavy (non-hydrogen) atoms. The molecule has 0 amide bonds. The quantitative estimate of drug-likeness (QED) is 0.355. The molecule has 0 bridgehead atoms. The number of hydrogen-bond donors (Lipinski definition) is 3. The fraction of sp³-hybridized carbons (Fsp3) is 0.455. The highest BCUT2D eigenvalue weighted by Gasteiger charge is 2.26. The van der Waals surface area contributed by atoms with Crippen molar-refractivity contribution < 1.29 is 18.4 Å². The first-order valence-electron chi connectivity index (χ1n) is 6.24. The van der Waals surface area contributed by atoms with E-state index in [0.717, 1.165) is 18.2 Å². The molecule has 9 nitrogen and oxygen atoms in total. The van der Waals surface area contributed by atoms with Crippen molar-refractivity contribution in [3.05, 3.63) is 28.3 Å². The first-order valence-corrected chi connectivity index (χ1v) is 7.68. The van der Waals surface area contributed by atoms with Gasteiger partial charge < -0.3 is 10.5 Å². The van der Waals surface area contributed by atoms with Crippen molar-refractivity contribution in [3.8, 4) is 0 Å². The Morgan fingerprint density at radius 3 is 2.62 bits per heavy atom. The monoisotopic (exact) mass is 318 g/mol. The van der Waals surface area contributed by atoms with E-state index < -0.39 is 14.9 Å². The Kier molecular flexibility index (Phi) is 6.03. The summed E-state index contributed by atoms with van der Waals surface area (Å²) in [5.74, 6) is 5.26. The number of hydrogen-bond acceptors (Lipinski definition) is 7. The van der Waals surface area contributed by atoms with Gasteiger partial charge in [-0.2, -0.15) is 4.31 Å². The van der Waals surface area contributed by atoms with Gasteiger partial charge in [0.1, 0.15) is 4.90 Å². The van der Waals surface area contributed by atoms with E-state index in [2.05, 4.69) is 5.43 Å². The van der Waals surface area contributed by atoms with Gasteiger partial charge in [0.2, 0.25) is 10.0 Å². The third-order valence-corrected chi connectivity index (χ3v) is 4.90. The van der Waals surface area contributed by atoms with Crippen molar-refractivity contribution in [2.24, 2.45) is 5.84 Å². The largest absolute Gasteiger partial charge is 0.396 e. The molecule has 0 fully saturated rings. The number of hydrazine groups is 1. The van der Waals surface area contributed by atoms with Crippen molar-refractivity contribution in [2.75, 3.05) is 25.1 Å². The second-order valence-electron chi connectivity index (χ2n) is 4.16. The molecule has 0 spiro atoms. The van der Waals surface area contributed by atoms with Gasteiger partial charge in [-0.3, -0.25) is 16.0 Å². The summed E-state index contributed by atoms with van der Waals surface area (Å²) >= 11 is 0. The average molecular weight is 318 g/mol. The number of nitrogen functional groups attached to an aromatic ring is 1. The van der Waals surface area contributed by atoms with E-state index >= 15 is 0 Å². The van der Waals surface area contributed by atoms with Gasteiger partial charge in [0.05, 0.1) is 10.6 Å². The van der Waals surface area contributed by atoms with E-state index in [1.54, 1.807) is 6.92 Å². The molecule has 0 radical (unpaired) electrons. The zero-order valence-electron chi connectivity index (χ0n) is 11.5. The van der Waals surface area contributed by atoms with E-state index in [-0.39, 0.29) is 36.0 Å². The van der Waals surface area contributed by atoms with E-state index in [4.69, 9.17) is 10.9 Å². The van der Waals surface area contributed by atoms with Crippen LogP contribution >= 0.6 is 0 Å². The number of nitrogens with zero attached hydrogens (tertiary/aromatic N) is 2. The molecule has 0 aliphatic heterocycles. The van der Waals surface area contributed by atoms with Crippen molar-refractivity contribution in [3.63, 3.8) is 0 Å². The predicted octanol–water partition coefficient (Wildman–Crippen LogP) is 0.273. The summed E-state index contributed by atoms with van der Waals surface area (Å²) in [4.78, 5) is 9.93. The van der Waals surface area contributed by atoms with Crippen LogP contribution in [0.25, 0.3) is 0 Å². The normalized spacial score (nSPS) is 11.6. The number of aliphatic hydroxyl groups excluding tert-OH is 1. The summed E-state index contributed by atoms with van der Waals surface area (Å²) in [7, 11) is -3.85. The number of anilines is 1. The smallest absolute Gasteiger partial charge is 0.271 e. The summed E-state index contributed by atoms with van der Waals surface area (Å²) in [6.07, 6.45) is 0.297. The summed E-state index contributed by atoms with van der Waals surface area (Å²) < 4.78 is 26.2. The molecule has 0 aliphatic carbocycles. The average Bonchev–Trinajstić information content (AvgIpc) is 2.46. The number of non-ortho nitro benzene ring substituents is 1. The van der Waals surface area contributed by atoms with E-state index in [1.165, 1.54) is 4.31 Å². The minimum Gasteiger partial charge on any atom is -0.396 e. The van der Waals surface area contributed by atoms with Crippen LogP contribution in [0.5, 0.6) is 0 Å². The fourth-order valence-corrected chi connectivity index (χ4v) is 3.43. The lowest BCUT2D eigenvalue weighted by Gasteiger charge is -2.21. The van der Waals surface area contributed by atoms with Crippen molar-refractivity contribution in [1.29, 1.82) is 0 Å². The molecule has 118 valence electrons. The molecule has 0 saturated carbocycles. The molecule has 0 aromatic heterocycles. The Labute approximate surface area is 122 Å². The highest BCUT2D eigenvalue weighted by Crippen LogP contribution is 2.28. The van der Waals surface area contributed by atoms with Gasteiger partial charge in [-0.05, 0) is 12.5 Å². The van der Waals surface area contributed by atoms with Gasteiger partial charge in [0.15, 0.2) is 0 Å². The summed E-state index contributed by atoms with van der Waals surface area (Å²) in [5, 5.41) is 19.5. The lowest BCUT2D eigenvalue weighted by molar-refractivity contribution is -0.384. The second-order valence-corrected chi connectivity index (χ2v) is 6.06. The third-order valence-electron chi connectivity index (χ3n) is 2.87. The predicted molar refractivity (Wildman–Crippen MR) is 77.0 cm³/mol. The maximum atomic E-state index is 12.5. The van der Waals surface area contributed by atoms with Crippen molar-refractivity contribution in [1.82, 2.24) is 4.31 Å². The number of aliphatic hydroxyl groups is 1. The van der Waals surface area contributed by atoms with Crippen LogP contribution in [0.3, 0.4) is 0 Å². The van der Waals surface area contributed by atoms with Gasteiger partial charge in [0.25, 0.3) is 5.69 Å². The molecule has 10 heteroatoms. The van der Waals surface area contributed by atoms with E-state index in [9.17, 15) is 18.5 Å². The highest BCUT2D eigenvalue weighted by atomic mass is 32.2. The third kappa shape index (κ3) is 3.88. The Bertz CT molecular complexity index is 605. The molecular formula is C11H18N4O5S.